The van der Waals surface area contributed by atoms with Crippen molar-refractivity contribution in [3.8, 4) is 0 Å². The van der Waals surface area contributed by atoms with Crippen LogP contribution >= 0.6 is 0 Å². The lowest BCUT2D eigenvalue weighted by Crippen LogP contribution is -2.37. The van der Waals surface area contributed by atoms with E-state index in [0.29, 0.717) is 28.1 Å². The second-order valence-electron chi connectivity index (χ2n) is 5.65. The van der Waals surface area contributed by atoms with Crippen LogP contribution in [-0.4, -0.2) is 20.0 Å². The van der Waals surface area contributed by atoms with Crippen LogP contribution in [0.1, 0.15) is 6.92 Å². The first-order valence-electron chi connectivity index (χ1n) is 7.58. The minimum absolute atomic E-state index is 0.171. The summed E-state index contributed by atoms with van der Waals surface area (Å²) in [5.74, 6) is -0.171. The molecule has 0 spiro atoms. The molecule has 0 aliphatic heterocycles. The van der Waals surface area contributed by atoms with Crippen LogP contribution in [0.3, 0.4) is 0 Å². The lowest BCUT2D eigenvalue weighted by atomic mass is 10.2. The van der Waals surface area contributed by atoms with Crippen molar-refractivity contribution >= 4 is 34.0 Å². The van der Waals surface area contributed by atoms with E-state index in [1.807, 2.05) is 6.07 Å². The average Bonchev–Trinajstić information content (AvgIpc) is 2.57. The predicted molar refractivity (Wildman–Crippen MR) is 96.3 cm³/mol. The Hall–Kier alpha value is -3.42. The van der Waals surface area contributed by atoms with Gasteiger partial charge < -0.3 is 10.6 Å². The second kappa shape index (κ2) is 6.23. The molecule has 8 nitrogen and oxygen atoms in total. The molecule has 3 aromatic rings. The highest BCUT2D eigenvalue weighted by Crippen LogP contribution is 2.23. The standard InChI is InChI=1S/C17H17N5O3/c1-10(23)19-11-5-4-6-12(9-11)20-13-7-8-18-15-14(13)16(24)22(3)17(25)21(15)2/h4-9H,1-3H3,(H,18,20)(H,19,23). The number of carbonyl (C=O) groups is 1. The van der Waals surface area contributed by atoms with Gasteiger partial charge in [-0.2, -0.15) is 0 Å². The molecule has 0 saturated carbocycles. The Balaban J connectivity index is 2.13. The summed E-state index contributed by atoms with van der Waals surface area (Å²) in [7, 11) is 3.00. The first-order valence-corrected chi connectivity index (χ1v) is 7.58. The van der Waals surface area contributed by atoms with Crippen molar-refractivity contribution in [1.29, 1.82) is 0 Å². The summed E-state index contributed by atoms with van der Waals surface area (Å²) in [5, 5.41) is 6.17. The molecule has 0 aliphatic carbocycles. The third kappa shape index (κ3) is 3.01. The van der Waals surface area contributed by atoms with E-state index < -0.39 is 11.2 Å². The Morgan fingerprint density at radius 3 is 2.52 bits per heavy atom. The molecule has 0 saturated heterocycles. The number of nitrogens with one attached hydrogen (secondary N) is 2. The molecule has 1 aromatic carbocycles. The molecule has 0 aliphatic rings. The van der Waals surface area contributed by atoms with Crippen molar-refractivity contribution in [3.05, 3.63) is 57.4 Å². The Kier molecular flexibility index (Phi) is 4.10. The molecule has 8 heteroatoms. The molecule has 3 rings (SSSR count). The molecule has 128 valence electrons. The van der Waals surface area contributed by atoms with Gasteiger partial charge in [0.2, 0.25) is 5.91 Å². The van der Waals surface area contributed by atoms with E-state index in [2.05, 4.69) is 15.6 Å². The largest absolute Gasteiger partial charge is 0.355 e. The maximum absolute atomic E-state index is 12.5. The average molecular weight is 339 g/mol. The monoisotopic (exact) mass is 339 g/mol. The van der Waals surface area contributed by atoms with E-state index in [4.69, 9.17) is 0 Å². The van der Waals surface area contributed by atoms with Crippen molar-refractivity contribution in [2.45, 2.75) is 6.92 Å². The SMILES string of the molecule is CC(=O)Nc1cccc(Nc2ccnc3c2c(=O)n(C)c(=O)n3C)c1. The summed E-state index contributed by atoms with van der Waals surface area (Å²) in [4.78, 5) is 39.9. The number of benzene rings is 1. The number of hydrogen-bond acceptors (Lipinski definition) is 5. The van der Waals surface area contributed by atoms with Crippen LogP contribution in [0.25, 0.3) is 11.0 Å². The van der Waals surface area contributed by atoms with Crippen LogP contribution in [0.4, 0.5) is 17.1 Å². The third-order valence-corrected chi connectivity index (χ3v) is 3.80. The van der Waals surface area contributed by atoms with Gasteiger partial charge in [-0.15, -0.1) is 0 Å². The predicted octanol–water partition coefficient (Wildman–Crippen LogP) is 1.33. The van der Waals surface area contributed by atoms with Crippen molar-refractivity contribution in [2.75, 3.05) is 10.6 Å². The fourth-order valence-electron chi connectivity index (χ4n) is 2.62. The highest BCUT2D eigenvalue weighted by Gasteiger charge is 2.13. The molecular formula is C17H17N5O3. The summed E-state index contributed by atoms with van der Waals surface area (Å²) in [6, 6.07) is 8.77. The van der Waals surface area contributed by atoms with Crippen molar-refractivity contribution in [1.82, 2.24) is 14.1 Å². The Morgan fingerprint density at radius 1 is 1.08 bits per heavy atom. The maximum Gasteiger partial charge on any atom is 0.332 e. The van der Waals surface area contributed by atoms with Gasteiger partial charge in [0.05, 0.1) is 5.69 Å². The van der Waals surface area contributed by atoms with Gasteiger partial charge in [0.25, 0.3) is 5.56 Å². The number of nitrogens with zero attached hydrogens (tertiary/aromatic N) is 3. The third-order valence-electron chi connectivity index (χ3n) is 3.80. The van der Waals surface area contributed by atoms with Crippen LogP contribution in [0.5, 0.6) is 0 Å². The minimum atomic E-state index is -0.435. The second-order valence-corrected chi connectivity index (χ2v) is 5.65. The van der Waals surface area contributed by atoms with Gasteiger partial charge >= 0.3 is 5.69 Å². The fourth-order valence-corrected chi connectivity index (χ4v) is 2.62. The summed E-state index contributed by atoms with van der Waals surface area (Å²) in [6.45, 7) is 1.43. The zero-order chi connectivity index (χ0) is 18.1. The normalized spacial score (nSPS) is 10.7. The van der Waals surface area contributed by atoms with Gasteiger partial charge in [-0.05, 0) is 24.3 Å². The smallest absolute Gasteiger partial charge is 0.332 e. The molecule has 0 radical (unpaired) electrons. The van der Waals surface area contributed by atoms with Crippen LogP contribution in [-0.2, 0) is 18.9 Å². The lowest BCUT2D eigenvalue weighted by Gasteiger charge is -2.12. The van der Waals surface area contributed by atoms with Gasteiger partial charge in [-0.1, -0.05) is 6.07 Å². The topological polar surface area (TPSA) is 98.0 Å². The molecule has 0 unspecified atom stereocenters. The summed E-state index contributed by atoms with van der Waals surface area (Å²) < 4.78 is 2.37. The number of amides is 1. The number of fused-ring (bicyclic) bond motifs is 1. The number of aryl methyl sites for hydroxylation is 1. The van der Waals surface area contributed by atoms with E-state index in [9.17, 15) is 14.4 Å². The fraction of sp³-hybridized carbons (Fsp3) is 0.176. The highest BCUT2D eigenvalue weighted by atomic mass is 16.2. The molecule has 0 bridgehead atoms. The van der Waals surface area contributed by atoms with Gasteiger partial charge in [0.15, 0.2) is 5.65 Å². The van der Waals surface area contributed by atoms with Crippen molar-refractivity contribution in [2.24, 2.45) is 14.1 Å². The maximum atomic E-state index is 12.5. The van der Waals surface area contributed by atoms with Crippen LogP contribution in [0, 0.1) is 0 Å². The number of hydrogen-bond donors (Lipinski definition) is 2. The van der Waals surface area contributed by atoms with E-state index in [1.165, 1.54) is 24.7 Å². The first kappa shape index (κ1) is 16.4. The Morgan fingerprint density at radius 2 is 1.80 bits per heavy atom. The number of anilines is 3. The summed E-state index contributed by atoms with van der Waals surface area (Å²) >= 11 is 0. The molecule has 2 heterocycles. The van der Waals surface area contributed by atoms with E-state index in [-0.39, 0.29) is 5.91 Å². The van der Waals surface area contributed by atoms with Gasteiger partial charge in [0.1, 0.15) is 5.39 Å². The van der Waals surface area contributed by atoms with Gasteiger partial charge in [0, 0.05) is 38.6 Å². The van der Waals surface area contributed by atoms with E-state index in [1.54, 1.807) is 31.3 Å². The zero-order valence-electron chi connectivity index (χ0n) is 14.0. The Labute approximate surface area is 142 Å². The first-order chi connectivity index (χ1) is 11.9. The van der Waals surface area contributed by atoms with Crippen molar-refractivity contribution in [3.63, 3.8) is 0 Å². The number of pyridine rings is 1. The summed E-state index contributed by atoms with van der Waals surface area (Å²) in [5.41, 5.74) is 1.30. The number of carbonyl (C=O) groups excluding carboxylic acids is 1. The molecule has 0 fully saturated rings. The number of aromatic nitrogens is 3. The molecule has 2 N–H and O–H groups in total. The molecule has 0 atom stereocenters. The Bertz CT molecular complexity index is 1100. The summed E-state index contributed by atoms with van der Waals surface area (Å²) in [6.07, 6.45) is 1.53. The number of rotatable bonds is 3. The quantitative estimate of drug-likeness (QED) is 0.750. The molecule has 25 heavy (non-hydrogen) atoms. The molecule has 1 amide bonds. The van der Waals surface area contributed by atoms with E-state index >= 15 is 0 Å². The van der Waals surface area contributed by atoms with Crippen LogP contribution in [0.2, 0.25) is 0 Å². The lowest BCUT2D eigenvalue weighted by molar-refractivity contribution is -0.114. The highest BCUT2D eigenvalue weighted by molar-refractivity contribution is 5.92. The van der Waals surface area contributed by atoms with Crippen LogP contribution in [0.15, 0.2) is 46.1 Å². The molecule has 2 aromatic heterocycles. The minimum Gasteiger partial charge on any atom is -0.355 e. The van der Waals surface area contributed by atoms with E-state index in [0.717, 1.165) is 4.57 Å². The molecular weight excluding hydrogens is 322 g/mol. The van der Waals surface area contributed by atoms with Gasteiger partial charge in [-0.25, -0.2) is 9.78 Å². The van der Waals surface area contributed by atoms with Crippen LogP contribution < -0.4 is 21.9 Å². The zero-order valence-corrected chi connectivity index (χ0v) is 14.0. The van der Waals surface area contributed by atoms with Gasteiger partial charge in [-0.3, -0.25) is 18.7 Å². The van der Waals surface area contributed by atoms with Crippen molar-refractivity contribution < 1.29 is 4.79 Å².